The minimum absolute atomic E-state index is 0.744. The molecule has 3 heterocycles. The van der Waals surface area contributed by atoms with E-state index in [9.17, 15) is 0 Å². The van der Waals surface area contributed by atoms with E-state index in [4.69, 9.17) is 13.8 Å². The van der Waals surface area contributed by atoms with Crippen molar-refractivity contribution in [1.82, 2.24) is 4.98 Å². The number of rotatable bonds is 2. The van der Waals surface area contributed by atoms with Gasteiger partial charge >= 0.3 is 0 Å². The van der Waals surface area contributed by atoms with Gasteiger partial charge in [0.25, 0.3) is 0 Å². The Morgan fingerprint density at radius 1 is 0.425 bits per heavy atom. The van der Waals surface area contributed by atoms with Crippen LogP contribution < -0.4 is 0 Å². The Balaban J connectivity index is 1.39. The summed E-state index contributed by atoms with van der Waals surface area (Å²) >= 11 is 0. The second-order valence-electron chi connectivity index (χ2n) is 10.3. The third kappa shape index (κ3) is 2.97. The molecule has 3 nitrogen and oxygen atoms in total. The molecule has 0 saturated heterocycles. The molecule has 40 heavy (non-hydrogen) atoms. The first-order chi connectivity index (χ1) is 19.8. The summed E-state index contributed by atoms with van der Waals surface area (Å²) in [6.07, 6.45) is 0. The van der Waals surface area contributed by atoms with E-state index in [0.717, 1.165) is 60.8 Å². The van der Waals surface area contributed by atoms with Crippen molar-refractivity contribution in [2.45, 2.75) is 0 Å². The lowest BCUT2D eigenvalue weighted by atomic mass is 9.91. The minimum atomic E-state index is 0.744. The lowest BCUT2D eigenvalue weighted by molar-refractivity contribution is 0.657. The van der Waals surface area contributed by atoms with Crippen molar-refractivity contribution in [3.8, 4) is 22.3 Å². The van der Waals surface area contributed by atoms with Gasteiger partial charge in [0.2, 0.25) is 0 Å². The Hall–Kier alpha value is -5.41. The summed E-state index contributed by atoms with van der Waals surface area (Å²) < 4.78 is 13.0. The Labute approximate surface area is 228 Å². The first kappa shape index (κ1) is 21.5. The van der Waals surface area contributed by atoms with Gasteiger partial charge in [-0.05, 0) is 74.6 Å². The number of para-hydroxylation sites is 2. The fourth-order valence-electron chi connectivity index (χ4n) is 6.24. The Bertz CT molecular complexity index is 2360. The summed E-state index contributed by atoms with van der Waals surface area (Å²) in [7, 11) is 0. The number of aromatic nitrogens is 1. The van der Waals surface area contributed by atoms with E-state index in [1.807, 2.05) is 36.4 Å². The van der Waals surface area contributed by atoms with E-state index in [-0.39, 0.29) is 0 Å². The highest BCUT2D eigenvalue weighted by Crippen LogP contribution is 2.44. The van der Waals surface area contributed by atoms with Crippen LogP contribution in [0.25, 0.3) is 87.9 Å². The van der Waals surface area contributed by atoms with Crippen LogP contribution in [-0.2, 0) is 0 Å². The Morgan fingerprint density at radius 3 is 1.68 bits per heavy atom. The molecule has 186 valence electrons. The van der Waals surface area contributed by atoms with E-state index in [2.05, 4.69) is 91.0 Å². The maximum absolute atomic E-state index is 6.49. The summed E-state index contributed by atoms with van der Waals surface area (Å²) in [5, 5.41) is 6.98. The fraction of sp³-hybridized carbons (Fsp3) is 0. The zero-order valence-electron chi connectivity index (χ0n) is 21.4. The van der Waals surface area contributed by atoms with Crippen LogP contribution in [0.2, 0.25) is 0 Å². The molecular weight excluding hydrogens is 490 g/mol. The van der Waals surface area contributed by atoms with Gasteiger partial charge in [-0.15, -0.1) is 0 Å². The van der Waals surface area contributed by atoms with Crippen molar-refractivity contribution < 1.29 is 8.83 Å². The standard InChI is InChI=1S/C37H21NO2/c1-2-13-25-23(10-1)21-30(27-15-4-3-14-26(25)27)22-11-9-12-24(20-22)33-36-34(28-16-5-7-18-31(28)39-36)38-35-29-17-6-8-19-32(29)40-37(33)35/h1-21H. The topological polar surface area (TPSA) is 39.2 Å². The average molecular weight is 512 g/mol. The lowest BCUT2D eigenvalue weighted by Gasteiger charge is -2.12. The quantitative estimate of drug-likeness (QED) is 0.217. The third-order valence-electron chi connectivity index (χ3n) is 8.05. The number of hydrogen-bond donors (Lipinski definition) is 0. The number of pyridine rings is 1. The summed E-state index contributed by atoms with van der Waals surface area (Å²) in [6, 6.07) is 44.5. The van der Waals surface area contributed by atoms with Crippen molar-refractivity contribution in [3.63, 3.8) is 0 Å². The zero-order valence-corrected chi connectivity index (χ0v) is 21.4. The van der Waals surface area contributed by atoms with Gasteiger partial charge in [-0.2, -0.15) is 0 Å². The van der Waals surface area contributed by atoms with E-state index >= 15 is 0 Å². The Kier molecular flexibility index (Phi) is 4.33. The van der Waals surface area contributed by atoms with Crippen LogP contribution in [0.15, 0.2) is 136 Å². The molecule has 0 unspecified atom stereocenters. The van der Waals surface area contributed by atoms with Crippen molar-refractivity contribution >= 4 is 65.7 Å². The van der Waals surface area contributed by atoms with Gasteiger partial charge in [0.05, 0.1) is 5.56 Å². The van der Waals surface area contributed by atoms with Gasteiger partial charge in [-0.25, -0.2) is 4.98 Å². The van der Waals surface area contributed by atoms with Gasteiger partial charge < -0.3 is 8.83 Å². The fourth-order valence-corrected chi connectivity index (χ4v) is 6.24. The van der Waals surface area contributed by atoms with E-state index in [1.54, 1.807) is 0 Å². The Morgan fingerprint density at radius 2 is 0.975 bits per heavy atom. The molecule has 0 aliphatic carbocycles. The van der Waals surface area contributed by atoms with Crippen LogP contribution in [-0.4, -0.2) is 4.98 Å². The molecule has 6 aromatic carbocycles. The normalized spacial score (nSPS) is 12.0. The van der Waals surface area contributed by atoms with Crippen molar-refractivity contribution in [3.05, 3.63) is 127 Å². The highest BCUT2D eigenvalue weighted by molar-refractivity contribution is 6.19. The van der Waals surface area contributed by atoms with Crippen LogP contribution in [0.1, 0.15) is 0 Å². The highest BCUT2D eigenvalue weighted by Gasteiger charge is 2.22. The molecule has 0 atom stereocenters. The molecule has 0 saturated carbocycles. The molecule has 9 aromatic rings. The van der Waals surface area contributed by atoms with Crippen LogP contribution in [0, 0.1) is 0 Å². The molecule has 0 fully saturated rings. The summed E-state index contributed by atoms with van der Waals surface area (Å²) in [6.45, 7) is 0. The molecule has 3 heteroatoms. The molecule has 3 aromatic heterocycles. The molecule has 0 amide bonds. The van der Waals surface area contributed by atoms with Gasteiger partial charge in [0.15, 0.2) is 11.2 Å². The first-order valence-corrected chi connectivity index (χ1v) is 13.5. The average Bonchev–Trinajstić information content (AvgIpc) is 3.57. The molecule has 0 bridgehead atoms. The van der Waals surface area contributed by atoms with E-state index in [0.29, 0.717) is 0 Å². The minimum Gasteiger partial charge on any atom is -0.454 e. The highest BCUT2D eigenvalue weighted by atomic mass is 16.3. The van der Waals surface area contributed by atoms with Crippen LogP contribution in [0.5, 0.6) is 0 Å². The molecule has 9 rings (SSSR count). The predicted octanol–water partition coefficient (Wildman–Crippen LogP) is 10.5. The third-order valence-corrected chi connectivity index (χ3v) is 8.05. The number of hydrogen-bond acceptors (Lipinski definition) is 3. The lowest BCUT2D eigenvalue weighted by Crippen LogP contribution is -1.88. The van der Waals surface area contributed by atoms with Gasteiger partial charge in [0, 0.05) is 10.8 Å². The van der Waals surface area contributed by atoms with Gasteiger partial charge in [0.1, 0.15) is 22.2 Å². The zero-order chi connectivity index (χ0) is 26.2. The molecule has 0 radical (unpaired) electrons. The summed E-state index contributed by atoms with van der Waals surface area (Å²) in [5.41, 5.74) is 9.14. The number of fused-ring (bicyclic) bond motifs is 9. The van der Waals surface area contributed by atoms with E-state index < -0.39 is 0 Å². The largest absolute Gasteiger partial charge is 0.454 e. The van der Waals surface area contributed by atoms with Crippen molar-refractivity contribution in [2.24, 2.45) is 0 Å². The second-order valence-corrected chi connectivity index (χ2v) is 10.3. The smallest absolute Gasteiger partial charge is 0.165 e. The van der Waals surface area contributed by atoms with Gasteiger partial charge in [-0.3, -0.25) is 0 Å². The number of nitrogens with zero attached hydrogens (tertiary/aromatic N) is 1. The molecule has 0 aliphatic rings. The van der Waals surface area contributed by atoms with Crippen molar-refractivity contribution in [2.75, 3.05) is 0 Å². The summed E-state index contributed by atoms with van der Waals surface area (Å²) in [4.78, 5) is 5.11. The molecule has 0 N–H and O–H groups in total. The monoisotopic (exact) mass is 511 g/mol. The van der Waals surface area contributed by atoms with Gasteiger partial charge in [-0.1, -0.05) is 91.0 Å². The van der Waals surface area contributed by atoms with Crippen molar-refractivity contribution in [1.29, 1.82) is 0 Å². The number of furan rings is 2. The maximum Gasteiger partial charge on any atom is 0.165 e. The predicted molar refractivity (Wildman–Crippen MR) is 165 cm³/mol. The maximum atomic E-state index is 6.49. The second kappa shape index (κ2) is 8.05. The SMILES string of the molecule is c1cc(-c2cc3ccccc3c3ccccc23)cc(-c2c3oc4ccccc4c3nc3c2oc2ccccc23)c1. The molecular formula is C37H21NO2. The molecule has 0 aliphatic heterocycles. The number of benzene rings is 6. The molecule has 0 spiro atoms. The van der Waals surface area contributed by atoms with Crippen LogP contribution in [0.4, 0.5) is 0 Å². The van der Waals surface area contributed by atoms with E-state index in [1.165, 1.54) is 27.1 Å². The summed E-state index contributed by atoms with van der Waals surface area (Å²) in [5.74, 6) is 0. The van der Waals surface area contributed by atoms with Crippen LogP contribution >= 0.6 is 0 Å². The van der Waals surface area contributed by atoms with Crippen LogP contribution in [0.3, 0.4) is 0 Å². The first-order valence-electron chi connectivity index (χ1n) is 13.5.